The number of esters is 1. The van der Waals surface area contributed by atoms with Crippen molar-refractivity contribution in [2.24, 2.45) is 11.8 Å². The molecule has 3 nitrogen and oxygen atoms in total. The van der Waals surface area contributed by atoms with Gasteiger partial charge in [-0.1, -0.05) is 13.8 Å². The van der Waals surface area contributed by atoms with Gasteiger partial charge in [0.2, 0.25) is 0 Å². The summed E-state index contributed by atoms with van der Waals surface area (Å²) in [5.74, 6) is 0.700. The van der Waals surface area contributed by atoms with Crippen LogP contribution in [0.5, 0.6) is 0 Å². The van der Waals surface area contributed by atoms with Gasteiger partial charge in [0.05, 0.1) is 12.5 Å². The quantitative estimate of drug-likeness (QED) is 0.654. The molecule has 1 saturated heterocycles. The normalized spacial score (nSPS) is 19.9. The Labute approximate surface area is 92.6 Å². The van der Waals surface area contributed by atoms with Gasteiger partial charge in [0.1, 0.15) is 0 Å². The van der Waals surface area contributed by atoms with E-state index in [-0.39, 0.29) is 11.9 Å². The van der Waals surface area contributed by atoms with Gasteiger partial charge in [0.15, 0.2) is 0 Å². The molecule has 1 unspecified atom stereocenters. The van der Waals surface area contributed by atoms with E-state index in [9.17, 15) is 4.79 Å². The summed E-state index contributed by atoms with van der Waals surface area (Å²) in [6.07, 6.45) is 4.16. The zero-order valence-corrected chi connectivity index (χ0v) is 9.87. The molecule has 0 spiro atoms. The van der Waals surface area contributed by atoms with Crippen LogP contribution in [0.25, 0.3) is 0 Å². The smallest absolute Gasteiger partial charge is 0.308 e. The van der Waals surface area contributed by atoms with Crippen molar-refractivity contribution in [1.29, 1.82) is 0 Å². The lowest BCUT2D eigenvalue weighted by Crippen LogP contribution is -2.26. The fourth-order valence-corrected chi connectivity index (χ4v) is 1.98. The molecule has 0 aliphatic carbocycles. The maximum Gasteiger partial charge on any atom is 0.308 e. The van der Waals surface area contributed by atoms with Crippen molar-refractivity contribution in [3.05, 3.63) is 0 Å². The number of piperidine rings is 1. The first-order chi connectivity index (χ1) is 7.24. The van der Waals surface area contributed by atoms with Crippen LogP contribution in [0.2, 0.25) is 0 Å². The molecule has 1 heterocycles. The van der Waals surface area contributed by atoms with E-state index in [0.717, 1.165) is 38.8 Å². The third-order valence-electron chi connectivity index (χ3n) is 2.93. The van der Waals surface area contributed by atoms with Crippen LogP contribution in [0.3, 0.4) is 0 Å². The number of hydrogen-bond donors (Lipinski definition) is 0. The largest absolute Gasteiger partial charge is 0.465 e. The molecule has 15 heavy (non-hydrogen) atoms. The highest BCUT2D eigenvalue weighted by atomic mass is 16.5. The number of nitrogens with zero attached hydrogens (tertiary/aromatic N) is 1. The first kappa shape index (κ1) is 12.5. The Balaban J connectivity index is 2.20. The summed E-state index contributed by atoms with van der Waals surface area (Å²) in [7, 11) is 0. The molecular weight excluding hydrogens is 190 g/mol. The minimum Gasteiger partial charge on any atom is -0.465 e. The van der Waals surface area contributed by atoms with Crippen LogP contribution >= 0.6 is 0 Å². The zero-order valence-electron chi connectivity index (χ0n) is 9.87. The van der Waals surface area contributed by atoms with Gasteiger partial charge < -0.3 is 4.74 Å². The van der Waals surface area contributed by atoms with Crippen molar-refractivity contribution in [3.8, 4) is 0 Å². The Hall–Kier alpha value is -0.570. The second kappa shape index (κ2) is 6.83. The molecule has 3 heteroatoms. The lowest BCUT2D eigenvalue weighted by molar-refractivity contribution is -0.148. The van der Waals surface area contributed by atoms with Crippen LogP contribution in [0, 0.1) is 11.8 Å². The van der Waals surface area contributed by atoms with E-state index < -0.39 is 0 Å². The van der Waals surface area contributed by atoms with Gasteiger partial charge in [-0.2, -0.15) is 0 Å². The maximum atomic E-state index is 11.5. The molecule has 0 aromatic heterocycles. The number of carbonyl (C=O) groups excluding carboxylic acids is 1. The molecular formula is C12H22NO2. The predicted octanol–water partition coefficient (Wildman–Crippen LogP) is 1.98. The second-order valence-electron chi connectivity index (χ2n) is 4.42. The maximum absolute atomic E-state index is 11.5. The summed E-state index contributed by atoms with van der Waals surface area (Å²) in [6, 6.07) is 0. The van der Waals surface area contributed by atoms with Crippen molar-refractivity contribution >= 4 is 5.97 Å². The topological polar surface area (TPSA) is 40.4 Å². The van der Waals surface area contributed by atoms with Gasteiger partial charge in [-0.05, 0) is 31.6 Å². The molecule has 0 aromatic carbocycles. The third kappa shape index (κ3) is 4.65. The molecule has 1 fully saturated rings. The predicted molar refractivity (Wildman–Crippen MR) is 59.6 cm³/mol. The van der Waals surface area contributed by atoms with Gasteiger partial charge in [-0.25, -0.2) is 5.32 Å². The zero-order chi connectivity index (χ0) is 11.1. The molecule has 87 valence electrons. The molecule has 0 N–H and O–H groups in total. The van der Waals surface area contributed by atoms with Crippen molar-refractivity contribution in [2.75, 3.05) is 19.7 Å². The van der Waals surface area contributed by atoms with Crippen LogP contribution < -0.4 is 5.32 Å². The number of hydrogen-bond acceptors (Lipinski definition) is 2. The fraction of sp³-hybridized carbons (Fsp3) is 0.917. The minimum atomic E-state index is -0.0284. The van der Waals surface area contributed by atoms with E-state index in [1.54, 1.807) is 0 Å². The van der Waals surface area contributed by atoms with Crippen molar-refractivity contribution in [1.82, 2.24) is 5.32 Å². The Morgan fingerprint density at radius 1 is 1.47 bits per heavy atom. The van der Waals surface area contributed by atoms with Crippen LogP contribution in [-0.4, -0.2) is 25.7 Å². The van der Waals surface area contributed by atoms with Crippen molar-refractivity contribution in [2.45, 2.75) is 39.5 Å². The molecule has 0 saturated carbocycles. The minimum absolute atomic E-state index is 0.0284. The van der Waals surface area contributed by atoms with Crippen molar-refractivity contribution < 1.29 is 9.53 Å². The van der Waals surface area contributed by atoms with E-state index in [1.165, 1.54) is 0 Å². The first-order valence-corrected chi connectivity index (χ1v) is 6.04. The molecule has 1 rings (SSSR count). The van der Waals surface area contributed by atoms with Crippen LogP contribution in [0.1, 0.15) is 39.5 Å². The molecule has 1 atom stereocenters. The molecule has 1 aliphatic rings. The Kier molecular flexibility index (Phi) is 5.69. The van der Waals surface area contributed by atoms with E-state index >= 15 is 0 Å². The van der Waals surface area contributed by atoms with E-state index in [2.05, 4.69) is 5.32 Å². The first-order valence-electron chi connectivity index (χ1n) is 6.04. The summed E-state index contributed by atoms with van der Waals surface area (Å²) < 4.78 is 5.13. The number of ether oxygens (including phenoxy) is 1. The van der Waals surface area contributed by atoms with E-state index in [0.29, 0.717) is 12.5 Å². The lowest BCUT2D eigenvalue weighted by Gasteiger charge is -2.23. The molecule has 0 amide bonds. The highest BCUT2D eigenvalue weighted by molar-refractivity contribution is 5.71. The monoisotopic (exact) mass is 212 g/mol. The molecule has 0 aromatic rings. The Morgan fingerprint density at radius 2 is 2.13 bits per heavy atom. The summed E-state index contributed by atoms with van der Waals surface area (Å²) in [5, 5.41) is 4.31. The van der Waals surface area contributed by atoms with E-state index in [1.807, 2.05) is 13.8 Å². The van der Waals surface area contributed by atoms with Gasteiger partial charge in [-0.15, -0.1) is 0 Å². The summed E-state index contributed by atoms with van der Waals surface area (Å²) in [5.41, 5.74) is 0. The highest BCUT2D eigenvalue weighted by Gasteiger charge is 2.21. The number of rotatable bonds is 5. The fourth-order valence-electron chi connectivity index (χ4n) is 1.98. The summed E-state index contributed by atoms with van der Waals surface area (Å²) >= 11 is 0. The SMILES string of the molecule is CCCOC(=O)C(C)CC1CC[N]CC1. The summed E-state index contributed by atoms with van der Waals surface area (Å²) in [6.45, 7) is 6.50. The molecule has 1 radical (unpaired) electrons. The van der Waals surface area contributed by atoms with Crippen LogP contribution in [0.4, 0.5) is 0 Å². The Morgan fingerprint density at radius 3 is 2.73 bits per heavy atom. The van der Waals surface area contributed by atoms with Crippen LogP contribution in [0.15, 0.2) is 0 Å². The number of carbonyl (C=O) groups is 1. The van der Waals surface area contributed by atoms with Gasteiger partial charge in [-0.3, -0.25) is 4.79 Å². The van der Waals surface area contributed by atoms with Gasteiger partial charge >= 0.3 is 5.97 Å². The average molecular weight is 212 g/mol. The standard InChI is InChI=1S/C12H22NO2/c1-3-8-15-12(14)10(2)9-11-4-6-13-7-5-11/h10-11H,3-9H2,1-2H3. The van der Waals surface area contributed by atoms with Gasteiger partial charge in [0.25, 0.3) is 0 Å². The molecule has 1 aliphatic heterocycles. The van der Waals surface area contributed by atoms with Crippen molar-refractivity contribution in [3.63, 3.8) is 0 Å². The summed E-state index contributed by atoms with van der Waals surface area (Å²) in [4.78, 5) is 11.5. The van der Waals surface area contributed by atoms with E-state index in [4.69, 9.17) is 4.74 Å². The third-order valence-corrected chi connectivity index (χ3v) is 2.93. The second-order valence-corrected chi connectivity index (χ2v) is 4.42. The van der Waals surface area contributed by atoms with Gasteiger partial charge in [0, 0.05) is 13.1 Å². The average Bonchev–Trinajstić information content (AvgIpc) is 2.27. The lowest BCUT2D eigenvalue weighted by atomic mass is 9.88. The highest BCUT2D eigenvalue weighted by Crippen LogP contribution is 2.22. The van der Waals surface area contributed by atoms with Crippen LogP contribution in [-0.2, 0) is 9.53 Å². The Bertz CT molecular complexity index is 188. The molecule has 0 bridgehead atoms.